The molecule has 2 aromatic carbocycles. The molecule has 1 aliphatic rings. The summed E-state index contributed by atoms with van der Waals surface area (Å²) in [7, 11) is 1.80. The number of nitrogens with zero attached hydrogens (tertiary/aromatic N) is 2. The second kappa shape index (κ2) is 8.92. The van der Waals surface area contributed by atoms with E-state index < -0.39 is 0 Å². The number of likely N-dealkylation sites (N-methyl/N-ethyl adjacent to an activating group) is 1. The van der Waals surface area contributed by atoms with E-state index in [2.05, 4.69) is 17.0 Å². The predicted molar refractivity (Wildman–Crippen MR) is 103 cm³/mol. The zero-order valence-corrected chi connectivity index (χ0v) is 15.6. The Labute approximate surface area is 159 Å². The van der Waals surface area contributed by atoms with Crippen molar-refractivity contribution in [3.05, 3.63) is 59.1 Å². The number of hydrogen-bond acceptors (Lipinski definition) is 4. The van der Waals surface area contributed by atoms with E-state index in [4.69, 9.17) is 21.1 Å². The highest BCUT2D eigenvalue weighted by Crippen LogP contribution is 2.23. The number of amides is 1. The van der Waals surface area contributed by atoms with Crippen LogP contribution in [0.4, 0.5) is 5.69 Å². The smallest absolute Gasteiger partial charge is 0.260 e. The third-order valence-electron chi connectivity index (χ3n) is 4.35. The number of para-hydroxylation sites is 1. The molecule has 1 heterocycles. The van der Waals surface area contributed by atoms with Gasteiger partial charge in [-0.1, -0.05) is 29.8 Å². The Balaban J connectivity index is 1.59. The lowest BCUT2D eigenvalue weighted by Crippen LogP contribution is -2.37. The number of carbonyl (C=O) groups excluding carboxylic acids is 1. The second-order valence-electron chi connectivity index (χ2n) is 6.22. The summed E-state index contributed by atoms with van der Waals surface area (Å²) in [5.74, 6) is 0.557. The lowest BCUT2D eigenvalue weighted by Gasteiger charge is -2.31. The molecule has 2 aromatic rings. The highest BCUT2D eigenvalue weighted by atomic mass is 35.5. The van der Waals surface area contributed by atoms with Crippen molar-refractivity contribution in [3.8, 4) is 5.75 Å². The molecule has 0 atom stereocenters. The van der Waals surface area contributed by atoms with Gasteiger partial charge in [0, 0.05) is 37.4 Å². The maximum atomic E-state index is 12.4. The predicted octanol–water partition coefficient (Wildman–Crippen LogP) is 3.21. The van der Waals surface area contributed by atoms with Crippen molar-refractivity contribution in [1.29, 1.82) is 0 Å². The van der Waals surface area contributed by atoms with Crippen molar-refractivity contribution >= 4 is 23.2 Å². The van der Waals surface area contributed by atoms with Crippen molar-refractivity contribution in [3.63, 3.8) is 0 Å². The fourth-order valence-electron chi connectivity index (χ4n) is 2.89. The third-order valence-corrected chi connectivity index (χ3v) is 4.60. The number of halogens is 1. The lowest BCUT2D eigenvalue weighted by atomic mass is 10.1. The van der Waals surface area contributed by atoms with Crippen LogP contribution in [0.5, 0.6) is 5.75 Å². The first-order chi connectivity index (χ1) is 12.6. The largest absolute Gasteiger partial charge is 0.484 e. The number of morpholine rings is 1. The molecule has 0 aliphatic carbocycles. The van der Waals surface area contributed by atoms with Gasteiger partial charge in [-0.25, -0.2) is 0 Å². The summed E-state index contributed by atoms with van der Waals surface area (Å²) in [4.78, 5) is 16.4. The Hall–Kier alpha value is -2.24. The van der Waals surface area contributed by atoms with E-state index >= 15 is 0 Å². The van der Waals surface area contributed by atoms with Crippen molar-refractivity contribution in [2.75, 3.05) is 44.9 Å². The number of anilines is 1. The fourth-order valence-corrected chi connectivity index (χ4v) is 3.01. The molecule has 138 valence electrons. The van der Waals surface area contributed by atoms with Crippen LogP contribution >= 0.6 is 11.6 Å². The van der Waals surface area contributed by atoms with Crippen molar-refractivity contribution in [1.82, 2.24) is 4.90 Å². The number of benzene rings is 2. The zero-order chi connectivity index (χ0) is 18.4. The molecule has 0 N–H and O–H groups in total. The summed E-state index contributed by atoms with van der Waals surface area (Å²) in [6.07, 6.45) is 0. The maximum absolute atomic E-state index is 12.4. The third kappa shape index (κ3) is 4.90. The van der Waals surface area contributed by atoms with Gasteiger partial charge in [0.2, 0.25) is 0 Å². The van der Waals surface area contributed by atoms with E-state index in [1.165, 1.54) is 0 Å². The lowest BCUT2D eigenvalue weighted by molar-refractivity contribution is -0.132. The van der Waals surface area contributed by atoms with E-state index in [1.807, 2.05) is 12.1 Å². The summed E-state index contributed by atoms with van der Waals surface area (Å²) >= 11 is 5.85. The molecule has 0 radical (unpaired) electrons. The zero-order valence-electron chi connectivity index (χ0n) is 14.9. The SMILES string of the molecule is CN(Cc1ccccc1N1CCOCC1)C(=O)COc1ccc(Cl)cc1. The molecule has 1 amide bonds. The van der Waals surface area contributed by atoms with Crippen LogP contribution < -0.4 is 9.64 Å². The normalized spacial score (nSPS) is 14.2. The molecule has 6 heteroatoms. The van der Waals surface area contributed by atoms with E-state index in [1.54, 1.807) is 36.2 Å². The summed E-state index contributed by atoms with van der Waals surface area (Å²) < 4.78 is 11.0. The molecule has 0 saturated carbocycles. The van der Waals surface area contributed by atoms with Gasteiger partial charge in [0.25, 0.3) is 5.91 Å². The Morgan fingerprint density at radius 1 is 1.15 bits per heavy atom. The molecule has 0 spiro atoms. The van der Waals surface area contributed by atoms with Crippen LogP contribution in [0.3, 0.4) is 0 Å². The fraction of sp³-hybridized carbons (Fsp3) is 0.350. The van der Waals surface area contributed by atoms with Gasteiger partial charge in [-0.15, -0.1) is 0 Å². The minimum atomic E-state index is -0.0725. The van der Waals surface area contributed by atoms with Crippen LogP contribution in [0, 0.1) is 0 Å². The average molecular weight is 375 g/mol. The van der Waals surface area contributed by atoms with E-state index in [0.717, 1.165) is 37.6 Å². The molecule has 3 rings (SSSR count). The topological polar surface area (TPSA) is 42.0 Å². The van der Waals surface area contributed by atoms with Gasteiger partial charge in [0.1, 0.15) is 5.75 Å². The molecule has 0 bridgehead atoms. The number of ether oxygens (including phenoxy) is 2. The van der Waals surface area contributed by atoms with Crippen LogP contribution in [0.2, 0.25) is 5.02 Å². The van der Waals surface area contributed by atoms with E-state index in [0.29, 0.717) is 17.3 Å². The first-order valence-corrected chi connectivity index (χ1v) is 9.04. The summed E-state index contributed by atoms with van der Waals surface area (Å²) in [5, 5.41) is 0.639. The number of hydrogen-bond donors (Lipinski definition) is 0. The Bertz CT molecular complexity index is 730. The van der Waals surface area contributed by atoms with Crippen molar-refractivity contribution < 1.29 is 14.3 Å². The highest BCUT2D eigenvalue weighted by molar-refractivity contribution is 6.30. The van der Waals surface area contributed by atoms with Crippen LogP contribution in [-0.2, 0) is 16.1 Å². The number of rotatable bonds is 6. The van der Waals surface area contributed by atoms with E-state index in [9.17, 15) is 4.79 Å². The maximum Gasteiger partial charge on any atom is 0.260 e. The van der Waals surface area contributed by atoms with E-state index in [-0.39, 0.29) is 12.5 Å². The summed E-state index contributed by atoms with van der Waals surface area (Å²) in [6, 6.07) is 15.2. The monoisotopic (exact) mass is 374 g/mol. The molecule has 1 fully saturated rings. The summed E-state index contributed by atoms with van der Waals surface area (Å²) in [6.45, 7) is 3.74. The van der Waals surface area contributed by atoms with Gasteiger partial charge in [0.05, 0.1) is 13.2 Å². The minimum Gasteiger partial charge on any atom is -0.484 e. The molecule has 0 aromatic heterocycles. The molecule has 1 aliphatic heterocycles. The van der Waals surface area contributed by atoms with Crippen LogP contribution in [0.15, 0.2) is 48.5 Å². The van der Waals surface area contributed by atoms with Crippen LogP contribution in [0.1, 0.15) is 5.56 Å². The van der Waals surface area contributed by atoms with Gasteiger partial charge in [0.15, 0.2) is 6.61 Å². The standard InChI is InChI=1S/C20H23ClN2O3/c1-22(20(24)15-26-18-8-6-17(21)7-9-18)14-16-4-2-3-5-19(16)23-10-12-25-13-11-23/h2-9H,10-15H2,1H3. The Morgan fingerprint density at radius 2 is 1.85 bits per heavy atom. The first kappa shape index (κ1) is 18.5. The van der Waals surface area contributed by atoms with Gasteiger partial charge in [-0.2, -0.15) is 0 Å². The van der Waals surface area contributed by atoms with Gasteiger partial charge in [-0.05, 0) is 35.9 Å². The molecule has 1 saturated heterocycles. The number of carbonyl (C=O) groups is 1. The summed E-state index contributed by atoms with van der Waals surface area (Å²) in [5.41, 5.74) is 2.28. The minimum absolute atomic E-state index is 0.00213. The molecule has 26 heavy (non-hydrogen) atoms. The quantitative estimate of drug-likeness (QED) is 0.778. The Morgan fingerprint density at radius 3 is 2.58 bits per heavy atom. The van der Waals surface area contributed by atoms with Gasteiger partial charge < -0.3 is 19.3 Å². The Kier molecular flexibility index (Phi) is 6.36. The van der Waals surface area contributed by atoms with Crippen LogP contribution in [0.25, 0.3) is 0 Å². The molecular formula is C20H23ClN2O3. The molecule has 5 nitrogen and oxygen atoms in total. The van der Waals surface area contributed by atoms with Crippen LogP contribution in [-0.4, -0.2) is 50.8 Å². The van der Waals surface area contributed by atoms with Crippen molar-refractivity contribution in [2.45, 2.75) is 6.54 Å². The average Bonchev–Trinajstić information content (AvgIpc) is 2.68. The van der Waals surface area contributed by atoms with Crippen molar-refractivity contribution in [2.24, 2.45) is 0 Å². The highest BCUT2D eigenvalue weighted by Gasteiger charge is 2.17. The van der Waals surface area contributed by atoms with Gasteiger partial charge >= 0.3 is 0 Å². The molecule has 0 unspecified atom stereocenters. The molecular weight excluding hydrogens is 352 g/mol. The first-order valence-electron chi connectivity index (χ1n) is 8.66. The second-order valence-corrected chi connectivity index (χ2v) is 6.66. The van der Waals surface area contributed by atoms with Gasteiger partial charge in [-0.3, -0.25) is 4.79 Å².